The third-order valence-corrected chi connectivity index (χ3v) is 5.44. The Hall–Kier alpha value is -3.29. The van der Waals surface area contributed by atoms with E-state index in [0.29, 0.717) is 17.6 Å². The molecular weight excluding hydrogens is 409 g/mol. The fourth-order valence-corrected chi connectivity index (χ4v) is 3.65. The second-order valence-electron chi connectivity index (χ2n) is 8.68. The number of benzene rings is 2. The van der Waals surface area contributed by atoms with Gasteiger partial charge in [0.2, 0.25) is 0 Å². The second kappa shape index (κ2) is 7.14. The third-order valence-electron chi connectivity index (χ3n) is 5.44. The topological polar surface area (TPSA) is 62.4 Å². The number of anilines is 1. The fraction of sp³-hybridized carbons (Fsp3) is 0.304. The molecule has 8 heteroatoms. The Morgan fingerprint density at radius 2 is 1.74 bits per heavy atom. The third kappa shape index (κ3) is 3.89. The highest BCUT2D eigenvalue weighted by atomic mass is 19.4. The van der Waals surface area contributed by atoms with Crippen molar-refractivity contribution in [3.8, 4) is 11.3 Å². The molecule has 0 spiro atoms. The van der Waals surface area contributed by atoms with Gasteiger partial charge in [-0.1, -0.05) is 45.0 Å². The van der Waals surface area contributed by atoms with Crippen LogP contribution in [0.4, 0.5) is 23.7 Å². The van der Waals surface area contributed by atoms with Crippen molar-refractivity contribution in [3.63, 3.8) is 0 Å². The highest BCUT2D eigenvalue weighted by Gasteiger charge is 2.39. The molecule has 0 unspecified atom stereocenters. The van der Waals surface area contributed by atoms with Gasteiger partial charge in [-0.05, 0) is 29.7 Å². The van der Waals surface area contributed by atoms with Gasteiger partial charge < -0.3 is 9.72 Å². The molecule has 1 amide bonds. The quantitative estimate of drug-likeness (QED) is 0.577. The highest BCUT2D eigenvalue weighted by molar-refractivity contribution is 5.94. The average molecular weight is 430 g/mol. The minimum Gasteiger partial charge on any atom is -0.443 e. The number of H-pyrrole nitrogens is 1. The molecule has 162 valence electrons. The molecule has 1 aromatic heterocycles. The Balaban J connectivity index is 1.76. The minimum atomic E-state index is -4.55. The van der Waals surface area contributed by atoms with Crippen molar-refractivity contribution >= 4 is 22.6 Å². The zero-order valence-electron chi connectivity index (χ0n) is 17.2. The van der Waals surface area contributed by atoms with Crippen LogP contribution in [0.5, 0.6) is 0 Å². The van der Waals surface area contributed by atoms with Gasteiger partial charge in [0.15, 0.2) is 0 Å². The number of hydrogen-bond acceptors (Lipinski definition) is 3. The van der Waals surface area contributed by atoms with Crippen LogP contribution < -0.4 is 10.5 Å². The highest BCUT2D eigenvalue weighted by Crippen LogP contribution is 2.37. The molecule has 0 bridgehead atoms. The zero-order chi connectivity index (χ0) is 22.6. The molecule has 31 heavy (non-hydrogen) atoms. The number of nitrogens with one attached hydrogen (secondary N) is 1. The number of halogens is 3. The molecule has 1 fully saturated rings. The lowest BCUT2D eigenvalue weighted by Crippen LogP contribution is -2.31. The number of ether oxygens (including phenoxy) is 1. The Labute approximate surface area is 176 Å². The van der Waals surface area contributed by atoms with E-state index in [-0.39, 0.29) is 28.2 Å². The predicted octanol–water partition coefficient (Wildman–Crippen LogP) is 5.59. The zero-order valence-corrected chi connectivity index (χ0v) is 17.2. The lowest BCUT2D eigenvalue weighted by Gasteiger charge is -2.24. The molecule has 0 radical (unpaired) electrons. The maximum atomic E-state index is 13.4. The van der Waals surface area contributed by atoms with Gasteiger partial charge in [-0.25, -0.2) is 4.79 Å². The van der Waals surface area contributed by atoms with Gasteiger partial charge in [-0.3, -0.25) is 9.69 Å². The summed E-state index contributed by atoms with van der Waals surface area (Å²) < 4.78 is 45.6. The van der Waals surface area contributed by atoms with E-state index in [1.165, 1.54) is 29.2 Å². The summed E-state index contributed by atoms with van der Waals surface area (Å²) in [6.45, 7) is 6.27. The molecule has 1 aliphatic heterocycles. The van der Waals surface area contributed by atoms with Crippen molar-refractivity contribution < 1.29 is 22.7 Å². The van der Waals surface area contributed by atoms with Gasteiger partial charge in [0.05, 0.1) is 12.1 Å². The Bertz CT molecular complexity index is 1230. The molecule has 5 nitrogen and oxygen atoms in total. The van der Waals surface area contributed by atoms with E-state index in [9.17, 15) is 22.8 Å². The van der Waals surface area contributed by atoms with Crippen molar-refractivity contribution in [2.24, 2.45) is 5.41 Å². The van der Waals surface area contributed by atoms with Crippen LogP contribution in [0.25, 0.3) is 22.0 Å². The molecule has 2 heterocycles. The van der Waals surface area contributed by atoms with Gasteiger partial charge in [-0.2, -0.15) is 13.2 Å². The van der Waals surface area contributed by atoms with E-state index in [0.717, 1.165) is 6.07 Å². The summed E-state index contributed by atoms with van der Waals surface area (Å²) in [7, 11) is 0. The normalized spacial score (nSPS) is 17.3. The smallest absolute Gasteiger partial charge is 0.417 e. The van der Waals surface area contributed by atoms with E-state index in [2.05, 4.69) is 4.98 Å². The standard InChI is InChI=1S/C23H21F3N2O3/c1-22(2,3)19-12-28(21(30)31-19)14-9-8-13-10-18(27-20(29)16(13)11-14)15-6-4-5-7-17(15)23(24,25)26/h4-11,19H,12H2,1-3H3,(H,27,29)/t19-/m1/s1. The van der Waals surface area contributed by atoms with Crippen molar-refractivity contribution in [3.05, 3.63) is 64.4 Å². The summed E-state index contributed by atoms with van der Waals surface area (Å²) >= 11 is 0. The molecule has 1 aliphatic rings. The molecule has 0 saturated carbocycles. The fourth-order valence-electron chi connectivity index (χ4n) is 3.65. The molecule has 1 N–H and O–H groups in total. The van der Waals surface area contributed by atoms with E-state index in [4.69, 9.17) is 4.74 Å². The largest absolute Gasteiger partial charge is 0.443 e. The number of hydrogen-bond donors (Lipinski definition) is 1. The van der Waals surface area contributed by atoms with Crippen LogP contribution in [0.15, 0.2) is 53.3 Å². The lowest BCUT2D eigenvalue weighted by molar-refractivity contribution is -0.137. The van der Waals surface area contributed by atoms with Crippen LogP contribution in [0.2, 0.25) is 0 Å². The van der Waals surface area contributed by atoms with Crippen LogP contribution in [-0.2, 0) is 10.9 Å². The van der Waals surface area contributed by atoms with Crippen LogP contribution in [-0.4, -0.2) is 23.7 Å². The predicted molar refractivity (Wildman–Crippen MR) is 112 cm³/mol. The first kappa shape index (κ1) is 21.0. The maximum Gasteiger partial charge on any atom is 0.417 e. The first-order valence-electron chi connectivity index (χ1n) is 9.77. The van der Waals surface area contributed by atoms with Crippen molar-refractivity contribution in [2.45, 2.75) is 33.1 Å². The number of amides is 1. The number of alkyl halides is 3. The molecule has 1 atom stereocenters. The molecule has 2 aromatic carbocycles. The SMILES string of the molecule is CC(C)(C)[C@H]1CN(c2ccc3cc(-c4ccccc4C(F)(F)F)[nH]c(=O)c3c2)C(=O)O1. The van der Waals surface area contributed by atoms with Crippen LogP contribution in [0.3, 0.4) is 0 Å². The molecule has 1 saturated heterocycles. The monoisotopic (exact) mass is 430 g/mol. The minimum absolute atomic E-state index is 0.0755. The first-order valence-corrected chi connectivity index (χ1v) is 9.77. The lowest BCUT2D eigenvalue weighted by atomic mass is 9.89. The molecule has 3 aromatic rings. The summed E-state index contributed by atoms with van der Waals surface area (Å²) in [6, 6.07) is 11.4. The van der Waals surface area contributed by atoms with E-state index >= 15 is 0 Å². The first-order chi connectivity index (χ1) is 14.4. The summed E-state index contributed by atoms with van der Waals surface area (Å²) in [6.07, 6.45) is -5.34. The van der Waals surface area contributed by atoms with Gasteiger partial charge in [0.25, 0.3) is 5.56 Å². The molecule has 4 rings (SSSR count). The van der Waals surface area contributed by atoms with E-state index in [1.807, 2.05) is 20.8 Å². The van der Waals surface area contributed by atoms with Crippen LogP contribution in [0.1, 0.15) is 26.3 Å². The number of fused-ring (bicyclic) bond motifs is 1. The number of pyridine rings is 1. The van der Waals surface area contributed by atoms with E-state index < -0.39 is 23.4 Å². The Morgan fingerprint density at radius 1 is 1.03 bits per heavy atom. The average Bonchev–Trinajstić information content (AvgIpc) is 3.09. The van der Waals surface area contributed by atoms with Crippen molar-refractivity contribution in [1.82, 2.24) is 4.98 Å². The van der Waals surface area contributed by atoms with Gasteiger partial charge in [0.1, 0.15) is 6.10 Å². The molecular formula is C23H21F3N2O3. The number of nitrogens with zero attached hydrogens (tertiary/aromatic N) is 1. The van der Waals surface area contributed by atoms with Crippen LogP contribution >= 0.6 is 0 Å². The van der Waals surface area contributed by atoms with E-state index in [1.54, 1.807) is 18.2 Å². The number of cyclic esters (lactones) is 1. The number of carbonyl (C=O) groups is 1. The Morgan fingerprint density at radius 3 is 2.39 bits per heavy atom. The number of rotatable bonds is 2. The maximum absolute atomic E-state index is 13.4. The second-order valence-corrected chi connectivity index (χ2v) is 8.68. The number of aromatic amines is 1. The van der Waals surface area contributed by atoms with Gasteiger partial charge in [-0.15, -0.1) is 0 Å². The van der Waals surface area contributed by atoms with Crippen molar-refractivity contribution in [1.29, 1.82) is 0 Å². The summed E-state index contributed by atoms with van der Waals surface area (Å²) in [5.74, 6) is 0. The van der Waals surface area contributed by atoms with Gasteiger partial charge >= 0.3 is 12.3 Å². The summed E-state index contributed by atoms with van der Waals surface area (Å²) in [5, 5.41) is 0.747. The van der Waals surface area contributed by atoms with Crippen molar-refractivity contribution in [2.75, 3.05) is 11.4 Å². The molecule has 0 aliphatic carbocycles. The summed E-state index contributed by atoms with van der Waals surface area (Å²) in [5.41, 5.74) is -1.13. The number of aromatic nitrogens is 1. The van der Waals surface area contributed by atoms with Gasteiger partial charge in [0, 0.05) is 27.7 Å². The Kier molecular flexibility index (Phi) is 4.83. The summed E-state index contributed by atoms with van der Waals surface area (Å²) in [4.78, 5) is 29.1. The van der Waals surface area contributed by atoms with Crippen LogP contribution in [0, 0.1) is 5.41 Å². The number of carbonyl (C=O) groups excluding carboxylic acids is 1.